The minimum Gasteiger partial charge on any atom is -0.399 e. The van der Waals surface area contributed by atoms with Crippen LogP contribution in [0.2, 0.25) is 0 Å². The lowest BCUT2D eigenvalue weighted by Gasteiger charge is -2.24. The molecule has 0 unspecified atom stereocenters. The Balaban J connectivity index is 1.75. The molecule has 0 radical (unpaired) electrons. The summed E-state index contributed by atoms with van der Waals surface area (Å²) < 4.78 is 0. The highest BCUT2D eigenvalue weighted by molar-refractivity contribution is 6.01. The number of hydrogen-bond donors (Lipinski definition) is 2. The van der Waals surface area contributed by atoms with Gasteiger partial charge in [0.2, 0.25) is 5.91 Å². The maximum absolute atomic E-state index is 13.1. The highest BCUT2D eigenvalue weighted by Gasteiger charge is 2.35. The first-order valence-corrected chi connectivity index (χ1v) is 9.55. The van der Waals surface area contributed by atoms with Crippen molar-refractivity contribution in [3.05, 3.63) is 60.2 Å². The van der Waals surface area contributed by atoms with E-state index < -0.39 is 0 Å². The van der Waals surface area contributed by atoms with Gasteiger partial charge in [0.15, 0.2) is 0 Å². The first-order valence-electron chi connectivity index (χ1n) is 9.55. The fourth-order valence-corrected chi connectivity index (χ4v) is 3.47. The summed E-state index contributed by atoms with van der Waals surface area (Å²) in [4.78, 5) is 31.7. The van der Waals surface area contributed by atoms with E-state index in [9.17, 15) is 9.59 Å². The summed E-state index contributed by atoms with van der Waals surface area (Å²) in [5.74, 6) is -0.356. The molecule has 1 aliphatic heterocycles. The van der Waals surface area contributed by atoms with E-state index >= 15 is 0 Å². The van der Waals surface area contributed by atoms with Gasteiger partial charge in [0.1, 0.15) is 7.11 Å². The molecule has 2 amide bonds. The monoisotopic (exact) mass is 395 g/mol. The van der Waals surface area contributed by atoms with Gasteiger partial charge in [0.05, 0.1) is 18.9 Å². The lowest BCUT2D eigenvalue weighted by Crippen LogP contribution is -2.39. The van der Waals surface area contributed by atoms with Crippen LogP contribution in [0.4, 0.5) is 0 Å². The summed E-state index contributed by atoms with van der Waals surface area (Å²) in [5, 5.41) is 15.5. The Bertz CT molecular complexity index is 865. The van der Waals surface area contributed by atoms with Crippen molar-refractivity contribution in [3.8, 4) is 11.1 Å². The smallest absolute Gasteiger partial charge is 0.254 e. The summed E-state index contributed by atoms with van der Waals surface area (Å²) in [6.45, 7) is 0.397. The Morgan fingerprint density at radius 3 is 2.48 bits per heavy atom. The van der Waals surface area contributed by atoms with Crippen molar-refractivity contribution >= 4 is 17.5 Å². The molecular weight excluding hydrogens is 370 g/mol. The standard InChI is InChI=1S/C22H25N3O4/c1-29-24-19-13-20(14-21(27)23-11-12-26)25(15-19)22(28)18-9-7-17(8-10-18)16-5-3-2-4-6-16/h2-10,20,26H,11-15H2,1H3,(H,23,27)/t20-/m0/s1. The van der Waals surface area contributed by atoms with Gasteiger partial charge in [-0.25, -0.2) is 0 Å². The third kappa shape index (κ3) is 5.20. The summed E-state index contributed by atoms with van der Waals surface area (Å²) in [7, 11) is 1.46. The number of hydrogen-bond acceptors (Lipinski definition) is 5. The van der Waals surface area contributed by atoms with Gasteiger partial charge in [-0.05, 0) is 23.3 Å². The third-order valence-electron chi connectivity index (χ3n) is 4.84. The quantitative estimate of drug-likeness (QED) is 0.702. The van der Waals surface area contributed by atoms with E-state index in [1.807, 2.05) is 42.5 Å². The number of benzene rings is 2. The second kappa shape index (κ2) is 9.84. The molecule has 1 saturated heterocycles. The lowest BCUT2D eigenvalue weighted by atomic mass is 10.0. The van der Waals surface area contributed by atoms with E-state index in [0.29, 0.717) is 18.5 Å². The van der Waals surface area contributed by atoms with Crippen LogP contribution in [-0.4, -0.2) is 60.4 Å². The molecule has 0 spiro atoms. The first kappa shape index (κ1) is 20.5. The van der Waals surface area contributed by atoms with Crippen molar-refractivity contribution in [2.75, 3.05) is 26.8 Å². The Kier molecular flexibility index (Phi) is 6.97. The highest BCUT2D eigenvalue weighted by Crippen LogP contribution is 2.24. The number of oxime groups is 1. The number of carbonyl (C=O) groups is 2. The molecule has 0 saturated carbocycles. The number of aliphatic hydroxyl groups is 1. The number of carbonyl (C=O) groups excluding carboxylic acids is 2. The fraction of sp³-hybridized carbons (Fsp3) is 0.318. The molecule has 29 heavy (non-hydrogen) atoms. The summed E-state index contributed by atoms with van der Waals surface area (Å²) >= 11 is 0. The zero-order valence-corrected chi connectivity index (χ0v) is 16.4. The lowest BCUT2D eigenvalue weighted by molar-refractivity contribution is -0.122. The summed E-state index contributed by atoms with van der Waals surface area (Å²) in [6, 6.07) is 17.1. The number of rotatable bonds is 7. The van der Waals surface area contributed by atoms with Crippen molar-refractivity contribution in [2.45, 2.75) is 18.9 Å². The predicted octanol–water partition coefficient (Wildman–Crippen LogP) is 2.07. The van der Waals surface area contributed by atoms with E-state index in [4.69, 9.17) is 9.94 Å². The van der Waals surface area contributed by atoms with E-state index in [1.165, 1.54) is 7.11 Å². The largest absolute Gasteiger partial charge is 0.399 e. The van der Waals surface area contributed by atoms with Gasteiger partial charge >= 0.3 is 0 Å². The molecule has 1 aliphatic rings. The van der Waals surface area contributed by atoms with Crippen LogP contribution in [0.1, 0.15) is 23.2 Å². The number of aliphatic hydroxyl groups excluding tert-OH is 1. The van der Waals surface area contributed by atoms with Gasteiger partial charge in [-0.15, -0.1) is 0 Å². The van der Waals surface area contributed by atoms with Crippen LogP contribution in [0, 0.1) is 0 Å². The first-order chi connectivity index (χ1) is 14.1. The van der Waals surface area contributed by atoms with Crippen molar-refractivity contribution in [1.82, 2.24) is 10.2 Å². The molecule has 1 heterocycles. The van der Waals surface area contributed by atoms with Gasteiger partial charge in [-0.2, -0.15) is 0 Å². The van der Waals surface area contributed by atoms with Crippen LogP contribution >= 0.6 is 0 Å². The van der Waals surface area contributed by atoms with Crippen molar-refractivity contribution in [2.24, 2.45) is 5.16 Å². The Morgan fingerprint density at radius 2 is 1.83 bits per heavy atom. The molecule has 0 aliphatic carbocycles. The van der Waals surface area contributed by atoms with Gasteiger partial charge < -0.3 is 20.2 Å². The number of nitrogens with zero attached hydrogens (tertiary/aromatic N) is 2. The van der Waals surface area contributed by atoms with Crippen LogP contribution in [-0.2, 0) is 9.63 Å². The van der Waals surface area contributed by atoms with Gasteiger partial charge in [0.25, 0.3) is 5.91 Å². The van der Waals surface area contributed by atoms with Crippen LogP contribution < -0.4 is 5.32 Å². The zero-order valence-electron chi connectivity index (χ0n) is 16.4. The van der Waals surface area contributed by atoms with Crippen LogP contribution in [0.25, 0.3) is 11.1 Å². The number of nitrogens with one attached hydrogen (secondary N) is 1. The zero-order chi connectivity index (χ0) is 20.6. The van der Waals surface area contributed by atoms with Gasteiger partial charge in [-0.1, -0.05) is 47.6 Å². The fourth-order valence-electron chi connectivity index (χ4n) is 3.47. The van der Waals surface area contributed by atoms with E-state index in [2.05, 4.69) is 10.5 Å². The maximum Gasteiger partial charge on any atom is 0.254 e. The molecule has 0 aromatic heterocycles. The average Bonchev–Trinajstić information content (AvgIpc) is 3.15. The van der Waals surface area contributed by atoms with Crippen molar-refractivity contribution in [1.29, 1.82) is 0 Å². The molecule has 7 heteroatoms. The van der Waals surface area contributed by atoms with Crippen molar-refractivity contribution < 1.29 is 19.5 Å². The van der Waals surface area contributed by atoms with Crippen LogP contribution in [0.15, 0.2) is 59.8 Å². The summed E-state index contributed by atoms with van der Waals surface area (Å²) in [6.07, 6.45) is 0.630. The second-order valence-corrected chi connectivity index (χ2v) is 6.85. The van der Waals surface area contributed by atoms with Crippen molar-refractivity contribution in [3.63, 3.8) is 0 Å². The highest BCUT2D eigenvalue weighted by atomic mass is 16.6. The molecule has 3 rings (SSSR count). The van der Waals surface area contributed by atoms with Crippen LogP contribution in [0.3, 0.4) is 0 Å². The molecule has 7 nitrogen and oxygen atoms in total. The van der Waals surface area contributed by atoms with E-state index in [1.54, 1.807) is 17.0 Å². The Labute approximate surface area is 170 Å². The molecule has 1 fully saturated rings. The Morgan fingerprint density at radius 1 is 1.14 bits per heavy atom. The van der Waals surface area contributed by atoms with Gasteiger partial charge in [0, 0.05) is 31.0 Å². The molecule has 2 aromatic rings. The molecule has 2 aromatic carbocycles. The molecule has 152 valence electrons. The molecule has 2 N–H and O–H groups in total. The molecule has 0 bridgehead atoms. The Hall–Kier alpha value is -3.19. The third-order valence-corrected chi connectivity index (χ3v) is 4.84. The minimum absolute atomic E-state index is 0.122. The predicted molar refractivity (Wildman–Crippen MR) is 110 cm³/mol. The minimum atomic E-state index is -0.302. The van der Waals surface area contributed by atoms with E-state index in [0.717, 1.165) is 16.8 Å². The SMILES string of the molecule is CON=C1C[C@@H](CC(=O)NCCO)N(C(=O)c2ccc(-c3ccccc3)cc2)C1. The second-order valence-electron chi connectivity index (χ2n) is 6.85. The topological polar surface area (TPSA) is 91.2 Å². The average molecular weight is 395 g/mol. The van der Waals surface area contributed by atoms with Gasteiger partial charge in [-0.3, -0.25) is 9.59 Å². The number of likely N-dealkylation sites (tertiary alicyclic amines) is 1. The molecule has 1 atom stereocenters. The number of amides is 2. The van der Waals surface area contributed by atoms with E-state index in [-0.39, 0.29) is 37.4 Å². The molecular formula is C22H25N3O4. The normalized spacial score (nSPS) is 17.4. The summed E-state index contributed by atoms with van der Waals surface area (Å²) in [5.41, 5.74) is 3.40. The maximum atomic E-state index is 13.1. The van der Waals surface area contributed by atoms with Crippen LogP contribution in [0.5, 0.6) is 0 Å².